The maximum absolute atomic E-state index is 12.0. The van der Waals surface area contributed by atoms with Crippen LogP contribution in [0.5, 0.6) is 5.75 Å². The number of phenols is 1. The summed E-state index contributed by atoms with van der Waals surface area (Å²) in [5, 5.41) is 14.7. The molecule has 3 N–H and O–H groups in total. The van der Waals surface area contributed by atoms with Gasteiger partial charge in [-0.2, -0.15) is 5.10 Å². The van der Waals surface area contributed by atoms with E-state index in [-0.39, 0.29) is 11.3 Å². The number of benzene rings is 2. The van der Waals surface area contributed by atoms with E-state index in [1.807, 2.05) is 18.3 Å². The molecule has 0 unspecified atom stereocenters. The molecule has 0 saturated carbocycles. The van der Waals surface area contributed by atoms with Gasteiger partial charge in [-0.3, -0.25) is 4.79 Å². The van der Waals surface area contributed by atoms with E-state index in [1.54, 1.807) is 24.4 Å². The maximum atomic E-state index is 12.0. The molecule has 1 amide bonds. The number of fused-ring (bicyclic) bond motifs is 1. The molecule has 0 radical (unpaired) electrons. The van der Waals surface area contributed by atoms with Crippen LogP contribution in [-0.2, 0) is 6.42 Å². The highest BCUT2D eigenvalue weighted by atomic mass is 16.3. The standard InChI is InChI=1S/C18H17N3O2/c1-2-12-6-5-8-14-13(10-19-17(12)14)11-20-21-18(23)15-7-3-4-9-16(15)22/h3-11,19,22H,2H2,1H3,(H,21,23). The number of aromatic amines is 1. The van der Waals surface area contributed by atoms with E-state index in [1.165, 1.54) is 11.6 Å². The van der Waals surface area contributed by atoms with E-state index in [0.29, 0.717) is 0 Å². The predicted octanol–water partition coefficient (Wildman–Crippen LogP) is 3.20. The molecular weight excluding hydrogens is 290 g/mol. The Kier molecular flexibility index (Phi) is 4.10. The predicted molar refractivity (Wildman–Crippen MR) is 90.8 cm³/mol. The number of hydrazone groups is 1. The van der Waals surface area contributed by atoms with E-state index in [2.05, 4.69) is 28.5 Å². The number of amides is 1. The molecule has 5 nitrogen and oxygen atoms in total. The molecule has 0 saturated heterocycles. The zero-order valence-corrected chi connectivity index (χ0v) is 12.7. The summed E-state index contributed by atoms with van der Waals surface area (Å²) in [6.45, 7) is 2.11. The monoisotopic (exact) mass is 307 g/mol. The second-order valence-electron chi connectivity index (χ2n) is 5.15. The number of para-hydroxylation sites is 2. The minimum atomic E-state index is -0.451. The van der Waals surface area contributed by atoms with Gasteiger partial charge in [0.1, 0.15) is 5.75 Å². The number of nitrogens with zero attached hydrogens (tertiary/aromatic N) is 1. The van der Waals surface area contributed by atoms with Crippen LogP contribution >= 0.6 is 0 Å². The summed E-state index contributed by atoms with van der Waals surface area (Å²) in [6, 6.07) is 12.4. The van der Waals surface area contributed by atoms with Gasteiger partial charge in [0.15, 0.2) is 0 Å². The first-order valence-electron chi connectivity index (χ1n) is 7.41. The summed E-state index contributed by atoms with van der Waals surface area (Å²) in [4.78, 5) is 15.2. The smallest absolute Gasteiger partial charge is 0.275 e. The summed E-state index contributed by atoms with van der Waals surface area (Å²) in [7, 11) is 0. The number of aromatic hydroxyl groups is 1. The second-order valence-corrected chi connectivity index (χ2v) is 5.15. The van der Waals surface area contributed by atoms with Crippen LogP contribution in [0.25, 0.3) is 10.9 Å². The molecule has 0 fully saturated rings. The first-order valence-corrected chi connectivity index (χ1v) is 7.41. The van der Waals surface area contributed by atoms with Crippen LogP contribution in [0.15, 0.2) is 53.8 Å². The average molecular weight is 307 g/mol. The maximum Gasteiger partial charge on any atom is 0.275 e. The molecule has 2 aromatic carbocycles. The van der Waals surface area contributed by atoms with Gasteiger partial charge in [-0.15, -0.1) is 0 Å². The third-order valence-electron chi connectivity index (χ3n) is 3.73. The number of hydrogen-bond donors (Lipinski definition) is 3. The molecule has 0 atom stereocenters. The van der Waals surface area contributed by atoms with Crippen molar-refractivity contribution in [2.45, 2.75) is 13.3 Å². The first kappa shape index (κ1) is 14.8. The van der Waals surface area contributed by atoms with Gasteiger partial charge in [0.25, 0.3) is 5.91 Å². The van der Waals surface area contributed by atoms with Crippen LogP contribution in [-0.4, -0.2) is 22.2 Å². The van der Waals surface area contributed by atoms with Crippen LogP contribution in [0.2, 0.25) is 0 Å². The Morgan fingerprint density at radius 1 is 1.26 bits per heavy atom. The zero-order chi connectivity index (χ0) is 16.2. The van der Waals surface area contributed by atoms with Crippen LogP contribution in [0.4, 0.5) is 0 Å². The average Bonchev–Trinajstić information content (AvgIpc) is 2.98. The lowest BCUT2D eigenvalue weighted by atomic mass is 10.1. The van der Waals surface area contributed by atoms with Gasteiger partial charge >= 0.3 is 0 Å². The van der Waals surface area contributed by atoms with Crippen LogP contribution in [0, 0.1) is 0 Å². The summed E-state index contributed by atoms with van der Waals surface area (Å²) < 4.78 is 0. The molecule has 0 spiro atoms. The molecule has 0 bridgehead atoms. The van der Waals surface area contributed by atoms with Crippen molar-refractivity contribution in [2.24, 2.45) is 5.10 Å². The number of aryl methyl sites for hydroxylation is 1. The molecule has 5 heteroatoms. The normalized spacial score (nSPS) is 11.2. The van der Waals surface area contributed by atoms with Crippen molar-refractivity contribution in [3.8, 4) is 5.75 Å². The van der Waals surface area contributed by atoms with Crippen molar-refractivity contribution in [2.75, 3.05) is 0 Å². The van der Waals surface area contributed by atoms with Crippen molar-refractivity contribution < 1.29 is 9.90 Å². The van der Waals surface area contributed by atoms with E-state index >= 15 is 0 Å². The number of aromatic nitrogens is 1. The van der Waals surface area contributed by atoms with E-state index in [0.717, 1.165) is 22.9 Å². The SMILES string of the molecule is CCc1cccc2c(C=NNC(=O)c3ccccc3O)c[nH]c12. The number of hydrogen-bond acceptors (Lipinski definition) is 3. The summed E-state index contributed by atoms with van der Waals surface area (Å²) in [6.07, 6.45) is 4.40. The molecule has 116 valence electrons. The Morgan fingerprint density at radius 2 is 2.09 bits per heavy atom. The third kappa shape index (κ3) is 2.94. The van der Waals surface area contributed by atoms with Crippen molar-refractivity contribution in [1.29, 1.82) is 0 Å². The molecule has 0 aliphatic rings. The highest BCUT2D eigenvalue weighted by Crippen LogP contribution is 2.21. The molecular formula is C18H17N3O2. The van der Waals surface area contributed by atoms with E-state index < -0.39 is 5.91 Å². The lowest BCUT2D eigenvalue weighted by Crippen LogP contribution is -2.17. The lowest BCUT2D eigenvalue weighted by Gasteiger charge is -2.02. The number of carbonyl (C=O) groups is 1. The minimum absolute atomic E-state index is 0.0696. The second kappa shape index (κ2) is 6.36. The lowest BCUT2D eigenvalue weighted by molar-refractivity contribution is 0.0952. The summed E-state index contributed by atoms with van der Waals surface area (Å²) in [5.74, 6) is -0.520. The van der Waals surface area contributed by atoms with Gasteiger partial charge in [-0.1, -0.05) is 37.3 Å². The summed E-state index contributed by atoms with van der Waals surface area (Å²) in [5.41, 5.74) is 5.84. The first-order chi connectivity index (χ1) is 11.2. The Balaban J connectivity index is 1.79. The van der Waals surface area contributed by atoms with Gasteiger partial charge in [-0.25, -0.2) is 5.43 Å². The van der Waals surface area contributed by atoms with E-state index in [4.69, 9.17) is 0 Å². The fraction of sp³-hybridized carbons (Fsp3) is 0.111. The summed E-state index contributed by atoms with van der Waals surface area (Å²) >= 11 is 0. The van der Waals surface area contributed by atoms with Crippen LogP contribution < -0.4 is 5.43 Å². The quantitative estimate of drug-likeness (QED) is 0.511. The number of nitrogens with one attached hydrogen (secondary N) is 2. The van der Waals surface area contributed by atoms with Gasteiger partial charge in [0, 0.05) is 22.7 Å². The molecule has 23 heavy (non-hydrogen) atoms. The molecule has 1 heterocycles. The van der Waals surface area contributed by atoms with Gasteiger partial charge in [-0.05, 0) is 24.1 Å². The largest absolute Gasteiger partial charge is 0.507 e. The molecule has 0 aliphatic carbocycles. The fourth-order valence-electron chi connectivity index (χ4n) is 2.53. The van der Waals surface area contributed by atoms with E-state index in [9.17, 15) is 9.90 Å². The Labute approximate surface area is 133 Å². The van der Waals surface area contributed by atoms with Crippen molar-refractivity contribution in [1.82, 2.24) is 10.4 Å². The highest BCUT2D eigenvalue weighted by molar-refractivity contribution is 6.01. The molecule has 3 aromatic rings. The minimum Gasteiger partial charge on any atom is -0.507 e. The van der Waals surface area contributed by atoms with Gasteiger partial charge in [0.05, 0.1) is 11.8 Å². The van der Waals surface area contributed by atoms with Crippen LogP contribution in [0.3, 0.4) is 0 Å². The number of rotatable bonds is 4. The third-order valence-corrected chi connectivity index (χ3v) is 3.73. The van der Waals surface area contributed by atoms with Crippen molar-refractivity contribution >= 4 is 23.0 Å². The number of H-pyrrole nitrogens is 1. The van der Waals surface area contributed by atoms with Gasteiger partial charge < -0.3 is 10.1 Å². The molecule has 1 aromatic heterocycles. The number of carbonyl (C=O) groups excluding carboxylic acids is 1. The van der Waals surface area contributed by atoms with Crippen LogP contribution in [0.1, 0.15) is 28.4 Å². The fourth-order valence-corrected chi connectivity index (χ4v) is 2.53. The van der Waals surface area contributed by atoms with Crippen molar-refractivity contribution in [3.63, 3.8) is 0 Å². The topological polar surface area (TPSA) is 77.5 Å². The zero-order valence-electron chi connectivity index (χ0n) is 12.7. The molecule has 0 aliphatic heterocycles. The highest BCUT2D eigenvalue weighted by Gasteiger charge is 2.09. The Morgan fingerprint density at radius 3 is 2.87 bits per heavy atom. The Bertz CT molecular complexity index is 881. The van der Waals surface area contributed by atoms with Crippen molar-refractivity contribution in [3.05, 3.63) is 65.4 Å². The van der Waals surface area contributed by atoms with Gasteiger partial charge in [0.2, 0.25) is 0 Å². The Hall–Kier alpha value is -3.08. The number of phenolic OH excluding ortho intramolecular Hbond substituents is 1. The molecule has 3 rings (SSSR count).